The summed E-state index contributed by atoms with van der Waals surface area (Å²) in [6.07, 6.45) is 5.87. The largest absolute Gasteiger partial charge is 0.319 e. The Morgan fingerprint density at radius 3 is 2.86 bits per heavy atom. The predicted molar refractivity (Wildman–Crippen MR) is 87.1 cm³/mol. The zero-order valence-corrected chi connectivity index (χ0v) is 13.2. The number of carbonyl (C=O) groups is 1. The van der Waals surface area contributed by atoms with Crippen LogP contribution in [0.2, 0.25) is 0 Å². The third kappa shape index (κ3) is 2.39. The van der Waals surface area contributed by atoms with Crippen molar-refractivity contribution in [3.05, 3.63) is 58.8 Å². The molecule has 0 bridgehead atoms. The fourth-order valence-electron chi connectivity index (χ4n) is 2.50. The second-order valence-corrected chi connectivity index (χ2v) is 6.18. The number of amides is 1. The van der Waals surface area contributed by atoms with Crippen LogP contribution in [0.15, 0.2) is 47.3 Å². The molecule has 0 aromatic carbocycles. The molecule has 0 radical (unpaired) electrons. The van der Waals surface area contributed by atoms with E-state index in [0.717, 1.165) is 28.8 Å². The van der Waals surface area contributed by atoms with Gasteiger partial charge in [0.15, 0.2) is 5.69 Å². The van der Waals surface area contributed by atoms with Gasteiger partial charge in [0, 0.05) is 12.1 Å². The zero-order valence-electron chi connectivity index (χ0n) is 11.7. The van der Waals surface area contributed by atoms with Crippen LogP contribution in [0, 0.1) is 0 Å². The molecule has 1 fully saturated rings. The van der Waals surface area contributed by atoms with E-state index >= 15 is 0 Å². The lowest BCUT2D eigenvalue weighted by Crippen LogP contribution is -2.13. The van der Waals surface area contributed by atoms with Crippen LogP contribution in [0.4, 0.5) is 5.69 Å². The normalized spacial score (nSPS) is 14.2. The van der Waals surface area contributed by atoms with E-state index in [-0.39, 0.29) is 5.91 Å². The zero-order chi connectivity index (χ0) is 15.1. The lowest BCUT2D eigenvalue weighted by atomic mass is 10.3. The highest BCUT2D eigenvalue weighted by Crippen LogP contribution is 2.40. The molecule has 4 rings (SSSR count). The minimum absolute atomic E-state index is 0.209. The van der Waals surface area contributed by atoms with Crippen LogP contribution in [-0.4, -0.2) is 20.3 Å². The van der Waals surface area contributed by atoms with Gasteiger partial charge in [0.1, 0.15) is 10.4 Å². The number of halogens is 1. The number of anilines is 1. The molecule has 110 valence electrons. The van der Waals surface area contributed by atoms with Gasteiger partial charge in [-0.1, -0.05) is 6.07 Å². The molecule has 1 N–H and O–H groups in total. The Morgan fingerprint density at radius 2 is 2.14 bits per heavy atom. The Balaban J connectivity index is 1.71. The van der Waals surface area contributed by atoms with E-state index in [0.29, 0.717) is 17.3 Å². The Labute approximate surface area is 135 Å². The number of carbonyl (C=O) groups excluding carboxylic acids is 1. The van der Waals surface area contributed by atoms with Gasteiger partial charge in [0.2, 0.25) is 0 Å². The van der Waals surface area contributed by atoms with E-state index in [1.54, 1.807) is 18.3 Å². The fourth-order valence-corrected chi connectivity index (χ4v) is 2.73. The molecule has 1 aliphatic rings. The molecule has 0 aliphatic heterocycles. The number of imidazole rings is 1. The van der Waals surface area contributed by atoms with Crippen molar-refractivity contribution in [2.45, 2.75) is 18.8 Å². The molecular formula is C16H13BrN4O. The summed E-state index contributed by atoms with van der Waals surface area (Å²) in [5.41, 5.74) is 1.95. The maximum Gasteiger partial charge on any atom is 0.276 e. The highest BCUT2D eigenvalue weighted by molar-refractivity contribution is 9.10. The third-order valence-corrected chi connectivity index (χ3v) is 4.19. The van der Waals surface area contributed by atoms with Crippen molar-refractivity contribution in [2.75, 3.05) is 5.32 Å². The topological polar surface area (TPSA) is 59.3 Å². The van der Waals surface area contributed by atoms with Crippen molar-refractivity contribution in [3.8, 4) is 0 Å². The molecule has 1 saturated carbocycles. The molecule has 6 heteroatoms. The molecule has 0 unspecified atom stereocenters. The summed E-state index contributed by atoms with van der Waals surface area (Å²) < 4.78 is 2.75. The smallest absolute Gasteiger partial charge is 0.276 e. The first-order valence-corrected chi connectivity index (χ1v) is 7.91. The van der Waals surface area contributed by atoms with Crippen molar-refractivity contribution in [3.63, 3.8) is 0 Å². The maximum atomic E-state index is 12.5. The monoisotopic (exact) mass is 356 g/mol. The molecule has 0 spiro atoms. The number of pyridine rings is 2. The summed E-state index contributed by atoms with van der Waals surface area (Å²) in [5, 5.41) is 2.85. The Kier molecular flexibility index (Phi) is 3.18. The van der Waals surface area contributed by atoms with Gasteiger partial charge in [-0.25, -0.2) is 9.97 Å². The van der Waals surface area contributed by atoms with Gasteiger partial charge in [0.25, 0.3) is 5.91 Å². The molecule has 1 amide bonds. The number of rotatable bonds is 3. The van der Waals surface area contributed by atoms with Gasteiger partial charge in [-0.2, -0.15) is 0 Å². The van der Waals surface area contributed by atoms with Crippen molar-refractivity contribution in [1.29, 1.82) is 0 Å². The van der Waals surface area contributed by atoms with E-state index in [1.807, 2.05) is 28.8 Å². The SMILES string of the molecule is O=C(Nc1ccc(Br)nc1)c1nc(C2CC2)n2ccccc12. The van der Waals surface area contributed by atoms with Gasteiger partial charge >= 0.3 is 0 Å². The van der Waals surface area contributed by atoms with Gasteiger partial charge in [0.05, 0.1) is 17.4 Å². The quantitative estimate of drug-likeness (QED) is 0.729. The second-order valence-electron chi connectivity index (χ2n) is 5.37. The van der Waals surface area contributed by atoms with Crippen LogP contribution in [0.25, 0.3) is 5.52 Å². The van der Waals surface area contributed by atoms with Crippen LogP contribution in [0.3, 0.4) is 0 Å². The van der Waals surface area contributed by atoms with Crippen LogP contribution >= 0.6 is 15.9 Å². The molecule has 22 heavy (non-hydrogen) atoms. The van der Waals surface area contributed by atoms with Crippen molar-refractivity contribution in [2.24, 2.45) is 0 Å². The van der Waals surface area contributed by atoms with Crippen LogP contribution in [0.5, 0.6) is 0 Å². The maximum absolute atomic E-state index is 12.5. The van der Waals surface area contributed by atoms with E-state index in [2.05, 4.69) is 31.2 Å². The molecule has 3 aromatic heterocycles. The first kappa shape index (κ1) is 13.5. The lowest BCUT2D eigenvalue weighted by molar-refractivity contribution is 0.102. The number of aromatic nitrogens is 3. The molecule has 3 aromatic rings. The number of fused-ring (bicyclic) bond motifs is 1. The number of hydrogen-bond acceptors (Lipinski definition) is 3. The number of nitrogens with one attached hydrogen (secondary N) is 1. The van der Waals surface area contributed by atoms with E-state index in [9.17, 15) is 4.79 Å². The van der Waals surface area contributed by atoms with Crippen LogP contribution in [0.1, 0.15) is 35.1 Å². The first-order chi connectivity index (χ1) is 10.7. The Bertz CT molecular complexity index is 852. The van der Waals surface area contributed by atoms with Gasteiger partial charge in [-0.15, -0.1) is 0 Å². The first-order valence-electron chi connectivity index (χ1n) is 7.12. The second kappa shape index (κ2) is 5.21. The highest BCUT2D eigenvalue weighted by Gasteiger charge is 2.30. The summed E-state index contributed by atoms with van der Waals surface area (Å²) in [6, 6.07) is 9.39. The van der Waals surface area contributed by atoms with E-state index in [4.69, 9.17) is 0 Å². The fraction of sp³-hybridized carbons (Fsp3) is 0.188. The summed E-state index contributed by atoms with van der Waals surface area (Å²) >= 11 is 3.28. The summed E-state index contributed by atoms with van der Waals surface area (Å²) in [5.74, 6) is 1.25. The van der Waals surface area contributed by atoms with Gasteiger partial charge in [-0.3, -0.25) is 4.79 Å². The van der Waals surface area contributed by atoms with Crippen molar-refractivity contribution < 1.29 is 4.79 Å². The molecular weight excluding hydrogens is 344 g/mol. The summed E-state index contributed by atoms with van der Waals surface area (Å²) in [7, 11) is 0. The highest BCUT2D eigenvalue weighted by atomic mass is 79.9. The van der Waals surface area contributed by atoms with Gasteiger partial charge in [-0.05, 0) is 53.0 Å². The van der Waals surface area contributed by atoms with Crippen molar-refractivity contribution in [1.82, 2.24) is 14.4 Å². The minimum atomic E-state index is -0.209. The number of nitrogens with zero attached hydrogens (tertiary/aromatic N) is 3. The minimum Gasteiger partial charge on any atom is -0.319 e. The van der Waals surface area contributed by atoms with Crippen LogP contribution < -0.4 is 5.32 Å². The summed E-state index contributed by atoms with van der Waals surface area (Å²) in [6.45, 7) is 0. The Hall–Kier alpha value is -2.21. The molecule has 3 heterocycles. The third-order valence-electron chi connectivity index (χ3n) is 3.72. The summed E-state index contributed by atoms with van der Waals surface area (Å²) in [4.78, 5) is 21.2. The lowest BCUT2D eigenvalue weighted by Gasteiger charge is -2.03. The Morgan fingerprint density at radius 1 is 1.27 bits per heavy atom. The molecule has 0 saturated heterocycles. The van der Waals surface area contributed by atoms with Crippen LogP contribution in [-0.2, 0) is 0 Å². The predicted octanol–water partition coefficient (Wildman–Crippen LogP) is 3.62. The molecule has 0 atom stereocenters. The molecule has 1 aliphatic carbocycles. The van der Waals surface area contributed by atoms with Gasteiger partial charge < -0.3 is 9.72 Å². The van der Waals surface area contributed by atoms with E-state index in [1.165, 1.54) is 0 Å². The number of hydrogen-bond donors (Lipinski definition) is 1. The molecule has 5 nitrogen and oxygen atoms in total. The standard InChI is InChI=1S/C16H13BrN4O/c17-13-7-6-11(9-18-13)19-16(22)14-12-3-1-2-8-21(12)15(20-14)10-4-5-10/h1-3,6-10H,4-5H2,(H,19,22). The average molecular weight is 357 g/mol. The average Bonchev–Trinajstić information content (AvgIpc) is 3.30. The van der Waals surface area contributed by atoms with Crippen molar-refractivity contribution >= 4 is 33.0 Å². The van der Waals surface area contributed by atoms with E-state index < -0.39 is 0 Å².